The summed E-state index contributed by atoms with van der Waals surface area (Å²) >= 11 is 0. The quantitative estimate of drug-likeness (QED) is 0.845. The van der Waals surface area contributed by atoms with Gasteiger partial charge in [-0.05, 0) is 42.5 Å². The molecule has 0 amide bonds. The maximum Gasteiger partial charge on any atom is 0.309 e. The third-order valence-corrected chi connectivity index (χ3v) is 5.62. The summed E-state index contributed by atoms with van der Waals surface area (Å²) in [6, 6.07) is 6.17. The van der Waals surface area contributed by atoms with Crippen LogP contribution in [0.15, 0.2) is 23.8 Å². The van der Waals surface area contributed by atoms with Crippen LogP contribution in [0.2, 0.25) is 0 Å². The summed E-state index contributed by atoms with van der Waals surface area (Å²) in [7, 11) is 0. The molecule has 3 aliphatic rings. The Morgan fingerprint density at radius 3 is 2.85 bits per heavy atom. The number of hydrogen-bond acceptors (Lipinski definition) is 3. The summed E-state index contributed by atoms with van der Waals surface area (Å²) in [4.78, 5) is 13.0. The van der Waals surface area contributed by atoms with Gasteiger partial charge >= 0.3 is 5.97 Å². The van der Waals surface area contributed by atoms with E-state index < -0.39 is 5.97 Å². The minimum atomic E-state index is -0.693. The van der Waals surface area contributed by atoms with E-state index in [-0.39, 0.29) is 5.92 Å². The average molecular weight is 351 g/mol. The summed E-state index contributed by atoms with van der Waals surface area (Å²) in [6.07, 6.45) is 8.57. The van der Waals surface area contributed by atoms with Crippen LogP contribution in [-0.4, -0.2) is 42.2 Å². The molecule has 1 aliphatic carbocycles. The van der Waals surface area contributed by atoms with Gasteiger partial charge in [-0.2, -0.15) is 0 Å². The second-order valence-corrected chi connectivity index (χ2v) is 7.73. The van der Waals surface area contributed by atoms with Crippen molar-refractivity contribution in [1.29, 1.82) is 0 Å². The molecule has 136 valence electrons. The number of rotatable bonds is 4. The Kier molecular flexibility index (Phi) is 4.99. The van der Waals surface area contributed by atoms with Crippen LogP contribution < -0.4 is 4.74 Å². The number of carboxylic acid groups (broad SMARTS) is 1. The largest absolute Gasteiger partial charge is 0.489 e. The molecule has 26 heavy (non-hydrogen) atoms. The Bertz CT molecular complexity index is 774. The van der Waals surface area contributed by atoms with Gasteiger partial charge in [-0.3, -0.25) is 9.69 Å². The maximum atomic E-state index is 10.9. The van der Waals surface area contributed by atoms with Crippen LogP contribution in [-0.2, 0) is 4.79 Å². The van der Waals surface area contributed by atoms with Crippen molar-refractivity contribution in [2.45, 2.75) is 32.1 Å². The van der Waals surface area contributed by atoms with Crippen LogP contribution in [0.3, 0.4) is 0 Å². The van der Waals surface area contributed by atoms with Gasteiger partial charge in [-0.25, -0.2) is 0 Å². The Hall–Kier alpha value is -2.25. The third-order valence-electron chi connectivity index (χ3n) is 5.62. The van der Waals surface area contributed by atoms with Crippen LogP contribution in [0.25, 0.3) is 6.08 Å². The molecular formula is C22H25NO3. The minimum absolute atomic E-state index is 0.210. The van der Waals surface area contributed by atoms with Gasteiger partial charge in [0.2, 0.25) is 0 Å². The lowest BCUT2D eigenvalue weighted by atomic mass is 9.98. The van der Waals surface area contributed by atoms with Gasteiger partial charge in [0, 0.05) is 37.2 Å². The number of carboxylic acids is 1. The molecule has 1 saturated carbocycles. The third kappa shape index (κ3) is 3.94. The zero-order chi connectivity index (χ0) is 17.9. The van der Waals surface area contributed by atoms with Gasteiger partial charge in [0.1, 0.15) is 12.4 Å². The first-order valence-corrected chi connectivity index (χ1v) is 9.58. The first-order chi connectivity index (χ1) is 12.7. The second-order valence-electron chi connectivity index (χ2n) is 7.73. The van der Waals surface area contributed by atoms with Gasteiger partial charge in [0.05, 0.1) is 5.92 Å². The second kappa shape index (κ2) is 7.55. The molecule has 4 nitrogen and oxygen atoms in total. The van der Waals surface area contributed by atoms with Crippen LogP contribution in [0.4, 0.5) is 0 Å². The fourth-order valence-electron chi connectivity index (χ4n) is 4.03. The minimum Gasteiger partial charge on any atom is -0.489 e. The van der Waals surface area contributed by atoms with E-state index in [1.807, 2.05) is 6.07 Å². The van der Waals surface area contributed by atoms with Gasteiger partial charge in [-0.15, -0.1) is 0 Å². The molecule has 0 atom stereocenters. The lowest BCUT2D eigenvalue weighted by Gasteiger charge is -2.37. The summed E-state index contributed by atoms with van der Waals surface area (Å²) in [5.41, 5.74) is 3.30. The highest BCUT2D eigenvalue weighted by Crippen LogP contribution is 2.29. The van der Waals surface area contributed by atoms with Crippen molar-refractivity contribution in [3.8, 4) is 17.6 Å². The molecule has 1 saturated heterocycles. The Morgan fingerprint density at radius 1 is 1.27 bits per heavy atom. The van der Waals surface area contributed by atoms with Crippen molar-refractivity contribution >= 4 is 12.0 Å². The van der Waals surface area contributed by atoms with Crippen molar-refractivity contribution in [2.75, 3.05) is 26.2 Å². The van der Waals surface area contributed by atoms with Crippen LogP contribution >= 0.6 is 0 Å². The monoisotopic (exact) mass is 351 g/mol. The molecule has 2 fully saturated rings. The van der Waals surface area contributed by atoms with Crippen LogP contribution in [0.1, 0.15) is 43.2 Å². The molecule has 4 heteroatoms. The molecule has 0 unspecified atom stereocenters. The fourth-order valence-corrected chi connectivity index (χ4v) is 4.03. The van der Waals surface area contributed by atoms with E-state index in [0.29, 0.717) is 19.7 Å². The van der Waals surface area contributed by atoms with Gasteiger partial charge in [0.15, 0.2) is 0 Å². The number of likely N-dealkylation sites (tertiary alicyclic amines) is 1. The number of fused-ring (bicyclic) bond motifs is 1. The molecule has 0 radical (unpaired) electrons. The molecule has 0 spiro atoms. The highest BCUT2D eigenvalue weighted by molar-refractivity contribution is 5.71. The Labute approximate surface area is 154 Å². The number of hydrogen-bond donors (Lipinski definition) is 1. The van der Waals surface area contributed by atoms with Crippen molar-refractivity contribution in [2.24, 2.45) is 11.8 Å². The first kappa shape index (κ1) is 17.2. The van der Waals surface area contributed by atoms with E-state index in [4.69, 9.17) is 9.84 Å². The molecule has 4 rings (SSSR count). The molecule has 2 aliphatic heterocycles. The van der Waals surface area contributed by atoms with Crippen molar-refractivity contribution in [3.63, 3.8) is 0 Å². The molecule has 1 aromatic rings. The van der Waals surface area contributed by atoms with E-state index in [0.717, 1.165) is 35.8 Å². The van der Waals surface area contributed by atoms with E-state index in [9.17, 15) is 4.79 Å². The zero-order valence-electron chi connectivity index (χ0n) is 15.0. The van der Waals surface area contributed by atoms with Crippen molar-refractivity contribution < 1.29 is 14.6 Å². The normalized spacial score (nSPS) is 20.4. The summed E-state index contributed by atoms with van der Waals surface area (Å²) in [5, 5.41) is 8.96. The predicted molar refractivity (Wildman–Crippen MR) is 101 cm³/mol. The summed E-state index contributed by atoms with van der Waals surface area (Å²) < 4.78 is 5.92. The number of carbonyl (C=O) groups is 1. The molecule has 1 aromatic carbocycles. The topological polar surface area (TPSA) is 49.8 Å². The highest BCUT2D eigenvalue weighted by atomic mass is 16.5. The molecule has 2 heterocycles. The summed E-state index contributed by atoms with van der Waals surface area (Å²) in [5.74, 6) is 7.41. The van der Waals surface area contributed by atoms with Gasteiger partial charge < -0.3 is 9.84 Å². The van der Waals surface area contributed by atoms with Crippen LogP contribution in [0, 0.1) is 23.7 Å². The van der Waals surface area contributed by atoms with E-state index >= 15 is 0 Å². The highest BCUT2D eigenvalue weighted by Gasteiger charge is 2.32. The predicted octanol–water partition coefficient (Wildman–Crippen LogP) is 3.41. The number of aliphatic carboxylic acids is 1. The van der Waals surface area contributed by atoms with E-state index in [1.54, 1.807) is 0 Å². The van der Waals surface area contributed by atoms with Crippen molar-refractivity contribution in [1.82, 2.24) is 4.90 Å². The molecule has 0 bridgehead atoms. The van der Waals surface area contributed by atoms with Gasteiger partial charge in [0.25, 0.3) is 0 Å². The number of ether oxygens (including phenoxy) is 1. The van der Waals surface area contributed by atoms with Crippen molar-refractivity contribution in [3.05, 3.63) is 34.9 Å². The van der Waals surface area contributed by atoms with E-state index in [1.165, 1.54) is 31.3 Å². The number of nitrogens with zero attached hydrogens (tertiary/aromatic N) is 1. The zero-order valence-corrected chi connectivity index (χ0v) is 15.0. The molecular weight excluding hydrogens is 326 g/mol. The molecule has 0 aromatic heterocycles. The lowest BCUT2D eigenvalue weighted by molar-refractivity contribution is -0.147. The Morgan fingerprint density at radius 2 is 2.08 bits per heavy atom. The fraction of sp³-hybridized carbons (Fsp3) is 0.500. The van der Waals surface area contributed by atoms with Gasteiger partial charge in [-0.1, -0.05) is 30.7 Å². The Balaban J connectivity index is 1.35. The first-order valence-electron chi connectivity index (χ1n) is 9.58. The lowest BCUT2D eigenvalue weighted by Crippen LogP contribution is -2.51. The van der Waals surface area contributed by atoms with Crippen LogP contribution in [0.5, 0.6) is 5.75 Å². The average Bonchev–Trinajstić information content (AvgIpc) is 3.10. The van der Waals surface area contributed by atoms with E-state index in [2.05, 4.69) is 34.9 Å². The SMILES string of the molecule is O=C(O)C1CN(CC2=Cc3ccc(C#CCC4CCCC4)cc3OC2)C1. The summed E-state index contributed by atoms with van der Waals surface area (Å²) in [6.45, 7) is 2.62. The number of benzene rings is 1. The standard InChI is InChI=1S/C22H25NO3/c24-22(25)20-13-23(14-20)12-18-10-19-9-8-17(11-21(19)26-15-18)7-3-6-16-4-1-2-5-16/h8-11,16,20H,1-2,4-6,12-15H2,(H,24,25). The maximum absolute atomic E-state index is 10.9. The smallest absolute Gasteiger partial charge is 0.309 e. The molecule has 1 N–H and O–H groups in total.